The normalized spacial score (nSPS) is 17.3. The average Bonchev–Trinajstić information content (AvgIpc) is 3.40. The van der Waals surface area contributed by atoms with Crippen molar-refractivity contribution < 1.29 is 26.8 Å². The van der Waals surface area contributed by atoms with E-state index < -0.39 is 17.0 Å². The molecule has 1 saturated heterocycles. The Kier molecular flexibility index (Phi) is 5.26. The largest absolute Gasteiger partial charge is 0.467 e. The third-order valence-electron chi connectivity index (χ3n) is 4.42. The first kappa shape index (κ1) is 19.8. The fourth-order valence-corrected chi connectivity index (χ4v) is 4.51. The summed E-state index contributed by atoms with van der Waals surface area (Å²) < 4.78 is 50.2. The Bertz CT molecular complexity index is 1040. The van der Waals surface area contributed by atoms with E-state index >= 15 is 0 Å². The summed E-state index contributed by atoms with van der Waals surface area (Å²) in [6, 6.07) is 11.7. The minimum Gasteiger partial charge on any atom is -0.467 e. The van der Waals surface area contributed by atoms with E-state index in [0.717, 1.165) is 12.1 Å². The van der Waals surface area contributed by atoms with Gasteiger partial charge in [0.25, 0.3) is 0 Å². The quantitative estimate of drug-likeness (QED) is 0.491. The highest BCUT2D eigenvalue weighted by Crippen LogP contribution is 2.34. The van der Waals surface area contributed by atoms with Gasteiger partial charge in [0.1, 0.15) is 21.6 Å². The van der Waals surface area contributed by atoms with Gasteiger partial charge >= 0.3 is 6.18 Å². The van der Waals surface area contributed by atoms with Gasteiger partial charge in [0.05, 0.1) is 23.6 Å². The molecule has 29 heavy (non-hydrogen) atoms. The molecule has 2 aromatic heterocycles. The van der Waals surface area contributed by atoms with Crippen LogP contribution in [0.1, 0.15) is 17.1 Å². The Labute approximate surface area is 173 Å². The summed E-state index contributed by atoms with van der Waals surface area (Å²) >= 11 is 6.57. The summed E-state index contributed by atoms with van der Waals surface area (Å²) in [7, 11) is 0. The van der Waals surface area contributed by atoms with E-state index in [1.54, 1.807) is 30.3 Å². The van der Waals surface area contributed by atoms with Gasteiger partial charge in [-0.3, -0.25) is 9.69 Å². The molecule has 0 N–H and O–H groups in total. The zero-order valence-corrected chi connectivity index (χ0v) is 16.4. The Morgan fingerprint density at radius 2 is 1.93 bits per heavy atom. The van der Waals surface area contributed by atoms with Crippen molar-refractivity contribution in [3.63, 3.8) is 0 Å². The SMILES string of the molecule is O=C1C(Cc2ccc(-c3cccc(C(F)(F)F)c3)o2)SC(=S)N1Cc1ccco1. The van der Waals surface area contributed by atoms with Crippen molar-refractivity contribution in [2.75, 3.05) is 0 Å². The van der Waals surface area contributed by atoms with Crippen LogP contribution in [-0.2, 0) is 23.9 Å². The van der Waals surface area contributed by atoms with Crippen LogP contribution in [0, 0.1) is 0 Å². The van der Waals surface area contributed by atoms with Gasteiger partial charge < -0.3 is 8.83 Å². The third-order valence-corrected chi connectivity index (χ3v) is 6.01. The molecule has 1 atom stereocenters. The summed E-state index contributed by atoms with van der Waals surface area (Å²) in [5, 5.41) is -0.446. The minimum absolute atomic E-state index is 0.145. The smallest absolute Gasteiger partial charge is 0.416 e. The zero-order valence-electron chi connectivity index (χ0n) is 14.8. The van der Waals surface area contributed by atoms with Gasteiger partial charge in [-0.1, -0.05) is 36.1 Å². The molecule has 1 unspecified atom stereocenters. The van der Waals surface area contributed by atoms with E-state index in [1.807, 2.05) is 0 Å². The fourth-order valence-electron chi connectivity index (χ4n) is 3.00. The molecule has 4 rings (SSSR count). The first-order valence-electron chi connectivity index (χ1n) is 8.62. The molecule has 1 amide bonds. The van der Waals surface area contributed by atoms with Crippen LogP contribution in [0.5, 0.6) is 0 Å². The highest BCUT2D eigenvalue weighted by Gasteiger charge is 2.38. The van der Waals surface area contributed by atoms with Crippen LogP contribution in [0.15, 0.2) is 63.6 Å². The molecule has 150 valence electrons. The Hall–Kier alpha value is -2.52. The zero-order chi connectivity index (χ0) is 20.6. The van der Waals surface area contributed by atoms with Gasteiger partial charge in [-0.05, 0) is 36.4 Å². The Balaban J connectivity index is 1.47. The first-order valence-corrected chi connectivity index (χ1v) is 9.91. The molecule has 1 aliphatic heterocycles. The molecule has 1 fully saturated rings. The van der Waals surface area contributed by atoms with E-state index in [9.17, 15) is 18.0 Å². The summed E-state index contributed by atoms with van der Waals surface area (Å²) in [4.78, 5) is 14.2. The number of carbonyl (C=O) groups is 1. The topological polar surface area (TPSA) is 46.6 Å². The summed E-state index contributed by atoms with van der Waals surface area (Å²) in [6.45, 7) is 0.266. The molecule has 0 saturated carbocycles. The van der Waals surface area contributed by atoms with Gasteiger partial charge in [0.15, 0.2) is 0 Å². The van der Waals surface area contributed by atoms with Gasteiger partial charge in [0, 0.05) is 12.0 Å². The number of hydrogen-bond acceptors (Lipinski definition) is 5. The van der Waals surface area contributed by atoms with Gasteiger partial charge in [0.2, 0.25) is 5.91 Å². The maximum Gasteiger partial charge on any atom is 0.416 e. The lowest BCUT2D eigenvalue weighted by molar-refractivity contribution is -0.137. The number of hydrogen-bond donors (Lipinski definition) is 0. The molecule has 0 spiro atoms. The van der Waals surface area contributed by atoms with Crippen molar-refractivity contribution in [2.24, 2.45) is 0 Å². The van der Waals surface area contributed by atoms with Crippen LogP contribution >= 0.6 is 24.0 Å². The van der Waals surface area contributed by atoms with Gasteiger partial charge in [-0.15, -0.1) is 0 Å². The molecule has 1 aromatic carbocycles. The van der Waals surface area contributed by atoms with E-state index in [4.69, 9.17) is 21.1 Å². The van der Waals surface area contributed by atoms with Crippen LogP contribution in [-0.4, -0.2) is 20.4 Å². The summed E-state index contributed by atoms with van der Waals surface area (Å²) in [5.74, 6) is 1.31. The van der Waals surface area contributed by atoms with Crippen molar-refractivity contribution in [1.82, 2.24) is 4.90 Å². The van der Waals surface area contributed by atoms with Crippen molar-refractivity contribution in [3.8, 4) is 11.3 Å². The highest BCUT2D eigenvalue weighted by atomic mass is 32.2. The second kappa shape index (κ2) is 7.72. The lowest BCUT2D eigenvalue weighted by Crippen LogP contribution is -2.31. The Morgan fingerprint density at radius 3 is 2.66 bits per heavy atom. The molecular weight excluding hydrogens is 423 g/mol. The lowest BCUT2D eigenvalue weighted by Gasteiger charge is -2.13. The number of furan rings is 2. The maximum absolute atomic E-state index is 12.9. The number of halogens is 3. The third kappa shape index (κ3) is 4.25. The van der Waals surface area contributed by atoms with Crippen LogP contribution < -0.4 is 0 Å². The van der Waals surface area contributed by atoms with Crippen LogP contribution in [0.25, 0.3) is 11.3 Å². The minimum atomic E-state index is -4.43. The number of alkyl halides is 3. The first-order chi connectivity index (χ1) is 13.8. The second-order valence-corrected chi connectivity index (χ2v) is 8.26. The summed E-state index contributed by atoms with van der Waals surface area (Å²) in [6.07, 6.45) is -2.61. The lowest BCUT2D eigenvalue weighted by atomic mass is 10.1. The predicted octanol–water partition coefficient (Wildman–Crippen LogP) is 5.53. The number of nitrogens with zero attached hydrogens (tertiary/aromatic N) is 1. The maximum atomic E-state index is 12.9. The predicted molar refractivity (Wildman–Crippen MR) is 106 cm³/mol. The van der Waals surface area contributed by atoms with Gasteiger partial charge in [-0.25, -0.2) is 0 Å². The van der Waals surface area contributed by atoms with E-state index in [1.165, 1.54) is 29.0 Å². The van der Waals surface area contributed by atoms with Crippen molar-refractivity contribution >= 4 is 34.2 Å². The number of amides is 1. The highest BCUT2D eigenvalue weighted by molar-refractivity contribution is 8.24. The molecular formula is C20H14F3NO3S2. The van der Waals surface area contributed by atoms with Crippen molar-refractivity contribution in [1.29, 1.82) is 0 Å². The molecule has 0 aliphatic carbocycles. The van der Waals surface area contributed by atoms with Crippen LogP contribution in [0.3, 0.4) is 0 Å². The van der Waals surface area contributed by atoms with Crippen LogP contribution in [0.4, 0.5) is 13.2 Å². The number of thiocarbonyl (C=S) groups is 1. The number of benzene rings is 1. The van der Waals surface area contributed by atoms with E-state index in [2.05, 4.69) is 0 Å². The van der Waals surface area contributed by atoms with Crippen molar-refractivity contribution in [2.45, 2.75) is 24.4 Å². The Morgan fingerprint density at radius 1 is 1.10 bits per heavy atom. The molecule has 0 bridgehead atoms. The molecule has 9 heteroatoms. The fraction of sp³-hybridized carbons (Fsp3) is 0.200. The average molecular weight is 437 g/mol. The molecule has 0 radical (unpaired) electrons. The van der Waals surface area contributed by atoms with E-state index in [-0.39, 0.29) is 18.9 Å². The van der Waals surface area contributed by atoms with Crippen LogP contribution in [0.2, 0.25) is 0 Å². The van der Waals surface area contributed by atoms with Crippen molar-refractivity contribution in [3.05, 3.63) is 71.9 Å². The number of carbonyl (C=O) groups excluding carboxylic acids is 1. The molecule has 1 aliphatic rings. The molecule has 3 heterocycles. The molecule has 3 aromatic rings. The number of rotatable bonds is 5. The van der Waals surface area contributed by atoms with Gasteiger partial charge in [-0.2, -0.15) is 13.2 Å². The monoisotopic (exact) mass is 437 g/mol. The number of thioether (sulfide) groups is 1. The molecule has 4 nitrogen and oxygen atoms in total. The standard InChI is InChI=1S/C20H14F3NO3S2/c21-20(22,23)13-4-1-3-12(9-13)16-7-6-14(27-16)10-17-18(25)24(19(28)29-17)11-15-5-2-8-26-15/h1-9,17H,10-11H2. The second-order valence-electron chi connectivity index (χ2n) is 6.42. The summed E-state index contributed by atoms with van der Waals surface area (Å²) in [5.41, 5.74) is -0.417. The van der Waals surface area contributed by atoms with E-state index in [0.29, 0.717) is 27.2 Å².